The van der Waals surface area contributed by atoms with Crippen LogP contribution in [0.25, 0.3) is 250 Å². The molecule has 0 amide bonds. The molecule has 144 heavy (non-hydrogen) atoms. The fourth-order valence-electron chi connectivity index (χ4n) is 20.4. The van der Waals surface area contributed by atoms with Gasteiger partial charge >= 0.3 is 0 Å². The van der Waals surface area contributed by atoms with E-state index in [-0.39, 0.29) is 0 Å². The lowest BCUT2D eigenvalue weighted by atomic mass is 9.91. The van der Waals surface area contributed by atoms with Gasteiger partial charge in [0.25, 0.3) is 0 Å². The predicted octanol–water partition coefficient (Wildman–Crippen LogP) is 35.1. The van der Waals surface area contributed by atoms with Gasteiger partial charge in [0.1, 0.15) is 17.5 Å². The maximum absolute atomic E-state index is 5.50. The second-order valence-electron chi connectivity index (χ2n) is 37.1. The van der Waals surface area contributed by atoms with E-state index in [0.717, 1.165) is 169 Å². The van der Waals surface area contributed by atoms with E-state index >= 15 is 0 Å². The number of imidazole rings is 3. The quantitative estimate of drug-likeness (QED) is 0.0950. The van der Waals surface area contributed by atoms with Crippen molar-refractivity contribution in [1.29, 1.82) is 0 Å². The highest BCUT2D eigenvalue weighted by Gasteiger charge is 2.24. The van der Waals surface area contributed by atoms with Crippen molar-refractivity contribution < 1.29 is 0 Å². The maximum atomic E-state index is 5.50. The number of aromatic nitrogens is 9. The molecule has 0 spiro atoms. The molecule has 0 aliphatic carbocycles. The van der Waals surface area contributed by atoms with Crippen LogP contribution in [0.3, 0.4) is 0 Å². The Morgan fingerprint density at radius 3 is 0.833 bits per heavy atom. The minimum absolute atomic E-state index is 0.924. The van der Waals surface area contributed by atoms with Gasteiger partial charge in [-0.15, -0.1) is 0 Å². The SMILES string of the molecule is Cc1ccc(-c2nc3ccccc3n2-c2ccc(-c3cc(-c4cc5ccccc5c5ccccc45)cc(-c4cc5ccccc5c5ccccc45)n3)cc2)cc1.Cc1ccc(-c2nc3ccccc3n2-c2ccc(-c3cc(-c4ccc5ccccc5c4)cc(-c4ccc5ccccc5c4)n3)cc2)cc1.Cc1ccc(-c2nc3ccccc3n2-c2ccc(-c3cc(-c4ccccc4)cc(-c4ccccc4)n3)cc2)cc1. The van der Waals surface area contributed by atoms with E-state index in [1.165, 1.54) is 98.0 Å². The van der Waals surface area contributed by atoms with Gasteiger partial charge in [-0.3, -0.25) is 13.7 Å². The Morgan fingerprint density at radius 2 is 0.417 bits per heavy atom. The Morgan fingerprint density at radius 1 is 0.146 bits per heavy atom. The third kappa shape index (κ3) is 16.8. The predicted molar refractivity (Wildman–Crippen MR) is 601 cm³/mol. The van der Waals surface area contributed by atoms with Gasteiger partial charge in [-0.2, -0.15) is 0 Å². The first-order valence-corrected chi connectivity index (χ1v) is 49.0. The molecule has 21 aromatic carbocycles. The summed E-state index contributed by atoms with van der Waals surface area (Å²) in [5.74, 6) is 2.79. The molecule has 0 radical (unpaired) electrons. The van der Waals surface area contributed by atoms with Crippen molar-refractivity contribution in [3.05, 3.63) is 526 Å². The Balaban J connectivity index is 0.000000115. The zero-order chi connectivity index (χ0) is 96.1. The van der Waals surface area contributed by atoms with Gasteiger partial charge in [0, 0.05) is 67.1 Å². The molecule has 0 fully saturated rings. The monoisotopic (exact) mass is 1840 g/mol. The van der Waals surface area contributed by atoms with Crippen molar-refractivity contribution in [3.8, 4) is 152 Å². The maximum Gasteiger partial charge on any atom is 0.145 e. The molecule has 0 N–H and O–H groups in total. The van der Waals surface area contributed by atoms with Crippen LogP contribution in [-0.4, -0.2) is 43.6 Å². The van der Waals surface area contributed by atoms with Crippen molar-refractivity contribution in [1.82, 2.24) is 43.6 Å². The minimum atomic E-state index is 0.924. The average Bonchev–Trinajstić information content (AvgIpc) is 1.25. The highest BCUT2D eigenvalue weighted by atomic mass is 15.1. The topological polar surface area (TPSA) is 92.1 Å². The van der Waals surface area contributed by atoms with Gasteiger partial charge < -0.3 is 0 Å². The fourth-order valence-corrected chi connectivity index (χ4v) is 20.4. The molecule has 678 valence electrons. The molecule has 9 nitrogen and oxygen atoms in total. The standard InChI is InChI=1S/C53H35N3.C45H31N3.C37H27N3/c1-34-22-24-36(25-23-34)53-55-49-20-10-11-21-52(49)56(53)40-28-26-35(27-29-40)50-32-39(47-30-37-12-2-4-14-41(37)43-16-6-8-18-45(43)47)33-51(54-50)48-31-38-13-3-5-15-42(38)44-17-7-9-19-46(44)48;1-30-14-16-34(17-15-30)45-47-41-12-6-7-13-44(41)48(45)40-24-22-33(23-25-40)42-28-39(37-20-18-31-8-2-4-10-35(31)26-37)29-43(46-42)38-21-19-32-9-3-5-11-36(32)27-38;1-26-16-18-30(19-17-26)37-39-33-14-8-9-15-36(33)40(37)32-22-20-29(21-23-32)35-25-31(27-10-4-2-5-11-27)24-34(38-35)28-12-6-3-7-13-28/h2-33H,1H3;2-29H,1H3;2-25H,1H3. The van der Waals surface area contributed by atoms with Gasteiger partial charge in [0.05, 0.1) is 67.3 Å². The summed E-state index contributed by atoms with van der Waals surface area (Å²) in [6, 6.07) is 181. The molecule has 9 heteroatoms. The Kier molecular flexibility index (Phi) is 22.5. The summed E-state index contributed by atoms with van der Waals surface area (Å²) < 4.78 is 6.76. The first-order valence-electron chi connectivity index (χ1n) is 49.0. The van der Waals surface area contributed by atoms with Gasteiger partial charge in [-0.25, -0.2) is 29.9 Å². The van der Waals surface area contributed by atoms with Crippen LogP contribution in [-0.2, 0) is 0 Å². The van der Waals surface area contributed by atoms with Crippen LogP contribution in [0.2, 0.25) is 0 Å². The van der Waals surface area contributed by atoms with E-state index < -0.39 is 0 Å². The molecule has 0 aliphatic heterocycles. The van der Waals surface area contributed by atoms with Crippen molar-refractivity contribution >= 4 is 97.7 Å². The van der Waals surface area contributed by atoms with Crippen molar-refractivity contribution in [2.24, 2.45) is 0 Å². The Hall–Kier alpha value is -19.0. The van der Waals surface area contributed by atoms with Crippen LogP contribution in [0.1, 0.15) is 16.7 Å². The number of hydrogen-bond acceptors (Lipinski definition) is 6. The highest BCUT2D eigenvalue weighted by molar-refractivity contribution is 6.16. The normalized spacial score (nSPS) is 11.4. The molecular weight excluding hydrogens is 1750 g/mol. The smallest absolute Gasteiger partial charge is 0.145 e. The van der Waals surface area contributed by atoms with E-state index in [2.05, 4.69) is 520 Å². The molecule has 0 saturated carbocycles. The Bertz CT molecular complexity index is 9270. The van der Waals surface area contributed by atoms with Gasteiger partial charge in [-0.05, 0) is 252 Å². The number of nitrogens with zero attached hydrogens (tertiary/aromatic N) is 9. The molecular formula is C135H93N9. The zero-order valence-corrected chi connectivity index (χ0v) is 79.5. The van der Waals surface area contributed by atoms with Gasteiger partial charge in [-0.1, -0.05) is 393 Å². The van der Waals surface area contributed by atoms with Crippen LogP contribution in [0.15, 0.2) is 510 Å². The zero-order valence-electron chi connectivity index (χ0n) is 79.5. The second kappa shape index (κ2) is 37.4. The van der Waals surface area contributed by atoms with Crippen LogP contribution < -0.4 is 0 Å². The summed E-state index contributed by atoms with van der Waals surface area (Å²) in [5, 5.41) is 14.7. The summed E-state index contributed by atoms with van der Waals surface area (Å²) in [6.45, 7) is 6.33. The fraction of sp³-hybridized carbons (Fsp3) is 0.0222. The lowest BCUT2D eigenvalue weighted by molar-refractivity contribution is 1.10. The van der Waals surface area contributed by atoms with Crippen LogP contribution >= 0.6 is 0 Å². The first-order chi connectivity index (χ1) is 71.0. The number of benzene rings is 21. The van der Waals surface area contributed by atoms with Crippen LogP contribution in [0.5, 0.6) is 0 Å². The van der Waals surface area contributed by atoms with Gasteiger partial charge in [0.15, 0.2) is 0 Å². The van der Waals surface area contributed by atoms with E-state index in [0.29, 0.717) is 0 Å². The molecule has 6 aromatic heterocycles. The molecule has 27 aromatic rings. The number of aryl methyl sites for hydroxylation is 3. The number of rotatable bonds is 15. The van der Waals surface area contributed by atoms with Crippen molar-refractivity contribution in [2.45, 2.75) is 20.8 Å². The largest absolute Gasteiger partial charge is 0.292 e. The van der Waals surface area contributed by atoms with Crippen molar-refractivity contribution in [3.63, 3.8) is 0 Å². The average molecular weight is 1840 g/mol. The number of hydrogen-bond donors (Lipinski definition) is 0. The van der Waals surface area contributed by atoms with Crippen LogP contribution in [0.4, 0.5) is 0 Å². The minimum Gasteiger partial charge on any atom is -0.292 e. The summed E-state index contributed by atoms with van der Waals surface area (Å²) in [7, 11) is 0. The summed E-state index contributed by atoms with van der Waals surface area (Å²) in [4.78, 5) is 31.0. The third-order valence-electron chi connectivity index (χ3n) is 27.8. The van der Waals surface area contributed by atoms with E-state index in [1.54, 1.807) is 0 Å². The third-order valence-corrected chi connectivity index (χ3v) is 27.8. The van der Waals surface area contributed by atoms with Gasteiger partial charge in [0.2, 0.25) is 0 Å². The van der Waals surface area contributed by atoms with Crippen molar-refractivity contribution in [2.75, 3.05) is 0 Å². The molecule has 0 unspecified atom stereocenters. The lowest BCUT2D eigenvalue weighted by Crippen LogP contribution is -1.98. The van der Waals surface area contributed by atoms with E-state index in [9.17, 15) is 0 Å². The molecule has 6 heterocycles. The first kappa shape index (κ1) is 86.6. The highest BCUT2D eigenvalue weighted by Crippen LogP contribution is 2.45. The molecule has 0 saturated heterocycles. The summed E-state index contributed by atoms with van der Waals surface area (Å²) >= 11 is 0. The molecule has 27 rings (SSSR count). The summed E-state index contributed by atoms with van der Waals surface area (Å²) in [5.41, 5.74) is 35.4. The summed E-state index contributed by atoms with van der Waals surface area (Å²) in [6.07, 6.45) is 0. The number of pyridine rings is 3. The number of para-hydroxylation sites is 6. The van der Waals surface area contributed by atoms with E-state index in [1.807, 2.05) is 24.3 Å². The lowest BCUT2D eigenvalue weighted by Gasteiger charge is -2.16. The second-order valence-corrected chi connectivity index (χ2v) is 37.1. The molecule has 0 aliphatic rings. The number of fused-ring (bicyclic) bond motifs is 11. The Labute approximate surface area is 834 Å². The molecule has 0 atom stereocenters. The van der Waals surface area contributed by atoms with E-state index in [4.69, 9.17) is 29.9 Å². The van der Waals surface area contributed by atoms with Crippen LogP contribution in [0, 0.1) is 20.8 Å². The molecule has 0 bridgehead atoms.